The molecule has 0 heterocycles. The van der Waals surface area contributed by atoms with Crippen molar-refractivity contribution in [2.45, 2.75) is 32.8 Å². The lowest BCUT2D eigenvalue weighted by molar-refractivity contribution is -0.167. The molecule has 0 aliphatic carbocycles. The minimum Gasteiger partial charge on any atom is -0.463 e. The van der Waals surface area contributed by atoms with E-state index in [1.807, 2.05) is 12.1 Å². The van der Waals surface area contributed by atoms with Crippen LogP contribution in [0.2, 0.25) is 0 Å². The first-order chi connectivity index (χ1) is 10.0. The largest absolute Gasteiger partial charge is 0.463 e. The van der Waals surface area contributed by atoms with Gasteiger partial charge < -0.3 is 9.47 Å². The molecule has 4 nitrogen and oxygen atoms in total. The van der Waals surface area contributed by atoms with Crippen LogP contribution in [0.25, 0.3) is 0 Å². The molecule has 0 aromatic heterocycles. The Hall–Kier alpha value is -2.10. The van der Waals surface area contributed by atoms with E-state index in [4.69, 9.17) is 9.47 Å². The van der Waals surface area contributed by atoms with E-state index >= 15 is 0 Å². The van der Waals surface area contributed by atoms with Crippen LogP contribution in [0.5, 0.6) is 0 Å². The smallest absolute Gasteiger partial charge is 0.352 e. The Labute approximate surface area is 125 Å². The van der Waals surface area contributed by atoms with E-state index < -0.39 is 18.0 Å². The van der Waals surface area contributed by atoms with Gasteiger partial charge in [-0.3, -0.25) is 4.79 Å². The third-order valence-electron chi connectivity index (χ3n) is 3.02. The van der Waals surface area contributed by atoms with Gasteiger partial charge in [0, 0.05) is 12.5 Å². The average Bonchev–Trinajstić information content (AvgIpc) is 2.45. The fourth-order valence-corrected chi connectivity index (χ4v) is 1.88. The van der Waals surface area contributed by atoms with E-state index in [9.17, 15) is 9.59 Å². The van der Waals surface area contributed by atoms with Crippen molar-refractivity contribution in [3.8, 4) is 0 Å². The first-order valence-corrected chi connectivity index (χ1v) is 7.04. The van der Waals surface area contributed by atoms with Gasteiger partial charge in [0.25, 0.3) is 0 Å². The standard InChI is InChI=1S/C17H22O4/c1-4-8-13(2)11-12-20-17(19)16(21-14(3)18)15-9-6-5-7-10-15/h4-7,9-10,13,16H,1,8,11-12H2,2-3H3/t13-,16+/m1/s1. The highest BCUT2D eigenvalue weighted by molar-refractivity contribution is 5.80. The molecule has 4 heteroatoms. The first-order valence-electron chi connectivity index (χ1n) is 7.04. The van der Waals surface area contributed by atoms with Crippen molar-refractivity contribution in [1.82, 2.24) is 0 Å². The van der Waals surface area contributed by atoms with Gasteiger partial charge in [0.2, 0.25) is 6.10 Å². The Balaban J connectivity index is 2.60. The maximum Gasteiger partial charge on any atom is 0.352 e. The molecule has 0 unspecified atom stereocenters. The monoisotopic (exact) mass is 290 g/mol. The van der Waals surface area contributed by atoms with Crippen LogP contribution in [-0.2, 0) is 19.1 Å². The van der Waals surface area contributed by atoms with Gasteiger partial charge in [0.05, 0.1) is 6.61 Å². The van der Waals surface area contributed by atoms with E-state index in [2.05, 4.69) is 13.5 Å². The van der Waals surface area contributed by atoms with E-state index in [0.29, 0.717) is 18.1 Å². The molecular weight excluding hydrogens is 268 g/mol. The van der Waals surface area contributed by atoms with Gasteiger partial charge in [-0.2, -0.15) is 0 Å². The molecule has 2 atom stereocenters. The number of esters is 2. The fraction of sp³-hybridized carbons (Fsp3) is 0.412. The molecule has 0 saturated heterocycles. The highest BCUT2D eigenvalue weighted by Gasteiger charge is 2.25. The second-order valence-corrected chi connectivity index (χ2v) is 4.99. The molecule has 1 aromatic rings. The predicted molar refractivity (Wildman–Crippen MR) is 80.5 cm³/mol. The molecule has 0 N–H and O–H groups in total. The van der Waals surface area contributed by atoms with Crippen LogP contribution in [-0.4, -0.2) is 18.5 Å². The summed E-state index contributed by atoms with van der Waals surface area (Å²) in [7, 11) is 0. The van der Waals surface area contributed by atoms with Gasteiger partial charge in [-0.25, -0.2) is 4.79 Å². The van der Waals surface area contributed by atoms with E-state index in [0.717, 1.165) is 12.8 Å². The summed E-state index contributed by atoms with van der Waals surface area (Å²) in [6.45, 7) is 7.32. The molecule has 0 amide bonds. The summed E-state index contributed by atoms with van der Waals surface area (Å²) in [6.07, 6.45) is 2.47. The normalized spacial score (nSPS) is 13.0. The van der Waals surface area contributed by atoms with Crippen LogP contribution >= 0.6 is 0 Å². The molecule has 0 fully saturated rings. The SMILES string of the molecule is C=CC[C@@H](C)CCOC(=O)[C@@H](OC(C)=O)c1ccccc1. The first kappa shape index (κ1) is 17.0. The molecule has 0 radical (unpaired) electrons. The quantitative estimate of drug-likeness (QED) is 0.543. The van der Waals surface area contributed by atoms with Crippen molar-refractivity contribution in [1.29, 1.82) is 0 Å². The highest BCUT2D eigenvalue weighted by Crippen LogP contribution is 2.19. The van der Waals surface area contributed by atoms with Gasteiger partial charge in [-0.15, -0.1) is 6.58 Å². The molecule has 21 heavy (non-hydrogen) atoms. The van der Waals surface area contributed by atoms with Crippen LogP contribution in [0.15, 0.2) is 43.0 Å². The van der Waals surface area contributed by atoms with Crippen LogP contribution in [0.1, 0.15) is 38.4 Å². The zero-order valence-electron chi connectivity index (χ0n) is 12.6. The summed E-state index contributed by atoms with van der Waals surface area (Å²) in [6, 6.07) is 8.86. The van der Waals surface area contributed by atoms with Crippen LogP contribution in [0.3, 0.4) is 0 Å². The zero-order chi connectivity index (χ0) is 15.7. The Morgan fingerprint density at radius 1 is 1.29 bits per heavy atom. The summed E-state index contributed by atoms with van der Waals surface area (Å²) in [4.78, 5) is 23.3. The predicted octanol–water partition coefficient (Wildman–Crippen LogP) is 3.44. The van der Waals surface area contributed by atoms with Crippen molar-refractivity contribution in [2.75, 3.05) is 6.61 Å². The van der Waals surface area contributed by atoms with E-state index in [-0.39, 0.29) is 0 Å². The lowest BCUT2D eigenvalue weighted by Crippen LogP contribution is -2.21. The molecule has 0 saturated carbocycles. The average molecular weight is 290 g/mol. The third kappa shape index (κ3) is 6.25. The third-order valence-corrected chi connectivity index (χ3v) is 3.02. The van der Waals surface area contributed by atoms with Crippen molar-refractivity contribution in [2.24, 2.45) is 5.92 Å². The lowest BCUT2D eigenvalue weighted by Gasteiger charge is -2.17. The molecule has 1 rings (SSSR count). The number of hydrogen-bond donors (Lipinski definition) is 0. The minimum absolute atomic E-state index is 0.304. The fourth-order valence-electron chi connectivity index (χ4n) is 1.88. The van der Waals surface area contributed by atoms with Gasteiger partial charge in [-0.05, 0) is 18.8 Å². The number of rotatable bonds is 8. The molecule has 1 aromatic carbocycles. The summed E-state index contributed by atoms with van der Waals surface area (Å²) in [5.74, 6) is -0.651. The summed E-state index contributed by atoms with van der Waals surface area (Å²) >= 11 is 0. The Kier molecular flexibility index (Phi) is 7.23. The number of carbonyl (C=O) groups excluding carboxylic acids is 2. The molecular formula is C17H22O4. The van der Waals surface area contributed by atoms with Crippen molar-refractivity contribution in [3.05, 3.63) is 48.6 Å². The number of carbonyl (C=O) groups is 2. The second-order valence-electron chi connectivity index (χ2n) is 4.99. The number of benzene rings is 1. The van der Waals surface area contributed by atoms with Crippen molar-refractivity contribution in [3.63, 3.8) is 0 Å². The van der Waals surface area contributed by atoms with Crippen molar-refractivity contribution < 1.29 is 19.1 Å². The second kappa shape index (κ2) is 8.95. The highest BCUT2D eigenvalue weighted by atomic mass is 16.6. The summed E-state index contributed by atoms with van der Waals surface area (Å²) in [5.41, 5.74) is 0.608. The Bertz CT molecular complexity index is 467. The van der Waals surface area contributed by atoms with Gasteiger partial charge in [0.15, 0.2) is 0 Å². The molecule has 0 spiro atoms. The van der Waals surface area contributed by atoms with E-state index in [1.165, 1.54) is 6.92 Å². The number of allylic oxidation sites excluding steroid dienone is 1. The number of hydrogen-bond acceptors (Lipinski definition) is 4. The maximum absolute atomic E-state index is 12.1. The van der Waals surface area contributed by atoms with E-state index in [1.54, 1.807) is 24.3 Å². The zero-order valence-corrected chi connectivity index (χ0v) is 12.6. The van der Waals surface area contributed by atoms with Gasteiger partial charge >= 0.3 is 11.9 Å². The molecule has 114 valence electrons. The van der Waals surface area contributed by atoms with Gasteiger partial charge in [0.1, 0.15) is 0 Å². The lowest BCUT2D eigenvalue weighted by atomic mass is 10.1. The van der Waals surface area contributed by atoms with Crippen LogP contribution in [0.4, 0.5) is 0 Å². The Morgan fingerprint density at radius 3 is 2.52 bits per heavy atom. The number of ether oxygens (including phenoxy) is 2. The Morgan fingerprint density at radius 2 is 1.95 bits per heavy atom. The summed E-state index contributed by atoms with van der Waals surface area (Å²) < 4.78 is 10.3. The van der Waals surface area contributed by atoms with Crippen LogP contribution < -0.4 is 0 Å². The maximum atomic E-state index is 12.1. The molecule has 0 aliphatic heterocycles. The minimum atomic E-state index is -1.00. The van der Waals surface area contributed by atoms with Crippen molar-refractivity contribution >= 4 is 11.9 Å². The molecule has 0 aliphatic rings. The van der Waals surface area contributed by atoms with Crippen LogP contribution in [0, 0.1) is 5.92 Å². The topological polar surface area (TPSA) is 52.6 Å². The molecule has 0 bridgehead atoms. The summed E-state index contributed by atoms with van der Waals surface area (Å²) in [5, 5.41) is 0. The van der Waals surface area contributed by atoms with Gasteiger partial charge in [-0.1, -0.05) is 43.3 Å².